The highest BCUT2D eigenvalue weighted by molar-refractivity contribution is 5.96. The van der Waals surface area contributed by atoms with E-state index in [1.54, 1.807) is 4.57 Å². The predicted octanol–water partition coefficient (Wildman–Crippen LogP) is 3.18. The van der Waals surface area contributed by atoms with E-state index in [0.717, 1.165) is 30.4 Å². The third-order valence-electron chi connectivity index (χ3n) is 10.5. The van der Waals surface area contributed by atoms with Crippen molar-refractivity contribution < 1.29 is 28.9 Å². The number of aromatic nitrogens is 4. The zero-order valence-corrected chi connectivity index (χ0v) is 22.9. The molecule has 1 aromatic carbocycles. The van der Waals surface area contributed by atoms with Crippen LogP contribution in [0.3, 0.4) is 0 Å². The Bertz CT molecular complexity index is 1560. The fourth-order valence-corrected chi connectivity index (χ4v) is 9.33. The molecule has 2 aliphatic heterocycles. The van der Waals surface area contributed by atoms with Crippen molar-refractivity contribution in [3.05, 3.63) is 48.0 Å². The number of rotatable bonds is 4. The van der Waals surface area contributed by atoms with Crippen molar-refractivity contribution >= 4 is 29.0 Å². The van der Waals surface area contributed by atoms with Crippen molar-refractivity contribution in [2.45, 2.75) is 87.2 Å². The first kappa shape index (κ1) is 24.9. The van der Waals surface area contributed by atoms with Crippen molar-refractivity contribution in [3.63, 3.8) is 0 Å². The van der Waals surface area contributed by atoms with E-state index in [1.807, 2.05) is 24.3 Å². The van der Waals surface area contributed by atoms with Gasteiger partial charge in [0.15, 0.2) is 35.1 Å². The molecule has 2 unspecified atom stereocenters. The summed E-state index contributed by atoms with van der Waals surface area (Å²) in [6.45, 7) is 0. The number of carbonyl (C=O) groups is 2. The Balaban J connectivity index is 0.979. The van der Waals surface area contributed by atoms with Gasteiger partial charge in [-0.2, -0.15) is 0 Å². The van der Waals surface area contributed by atoms with Crippen LogP contribution >= 0.6 is 0 Å². The topological polar surface area (TPSA) is 150 Å². The first-order valence-corrected chi connectivity index (χ1v) is 14.9. The summed E-state index contributed by atoms with van der Waals surface area (Å²) in [5.74, 6) is 0.358. The second-order valence-electron chi connectivity index (χ2n) is 13.3. The molecule has 4 atom stereocenters. The lowest BCUT2D eigenvalue weighted by molar-refractivity contribution is -0.214. The summed E-state index contributed by atoms with van der Waals surface area (Å²) in [5, 5.41) is 16.2. The van der Waals surface area contributed by atoms with E-state index in [-0.39, 0.29) is 17.4 Å². The maximum Gasteiger partial charge on any atom is 0.335 e. The standard InChI is InChI=1S/C30H32N6O6/c37-27(38)23-21-22(42-30(41-21)11-18-3-1-2-4-19(18)12-30)26(40-23)36-14-33-20-24(31-13-32-25(20)36)34-28(39)35-29-8-15-5-16(9-29)7-17(6-15)10-29/h1-4,13-17,21-23,26H,5-12H2,(H,37,38)(H2,31,32,34,35,39)/t15?,16?,17?,21?,22?,23-,26+,29?/m0/s1. The number of ether oxygens (including phenoxy) is 3. The number of aliphatic carboxylic acids is 1. The first-order chi connectivity index (χ1) is 20.4. The lowest BCUT2D eigenvalue weighted by atomic mass is 9.53. The summed E-state index contributed by atoms with van der Waals surface area (Å²) in [7, 11) is 0. The van der Waals surface area contributed by atoms with Crippen molar-refractivity contribution in [1.82, 2.24) is 24.8 Å². The Labute approximate surface area is 241 Å². The highest BCUT2D eigenvalue weighted by Gasteiger charge is 2.62. The van der Waals surface area contributed by atoms with E-state index in [0.29, 0.717) is 41.8 Å². The zero-order valence-electron chi connectivity index (χ0n) is 22.9. The normalized spacial score (nSPS) is 36.8. The zero-order chi connectivity index (χ0) is 28.2. The molecule has 218 valence electrons. The van der Waals surface area contributed by atoms with Gasteiger partial charge in [0.25, 0.3) is 0 Å². The molecule has 4 heterocycles. The van der Waals surface area contributed by atoms with Crippen LogP contribution in [0.2, 0.25) is 0 Å². The molecular weight excluding hydrogens is 540 g/mol. The highest BCUT2D eigenvalue weighted by atomic mass is 16.8. The summed E-state index contributed by atoms with van der Waals surface area (Å²) in [4.78, 5) is 38.8. The molecule has 10 rings (SSSR count). The Hall–Kier alpha value is -3.61. The highest BCUT2D eigenvalue weighted by Crippen LogP contribution is 2.55. The summed E-state index contributed by atoms with van der Waals surface area (Å²) in [5.41, 5.74) is 2.91. The molecule has 3 N–H and O–H groups in total. The Morgan fingerprint density at radius 3 is 2.26 bits per heavy atom. The number of hydrogen-bond acceptors (Lipinski definition) is 8. The number of hydrogen-bond donors (Lipinski definition) is 3. The van der Waals surface area contributed by atoms with E-state index < -0.39 is 36.3 Å². The molecule has 4 bridgehead atoms. The molecule has 2 saturated heterocycles. The number of fused-ring (bicyclic) bond motifs is 3. The second kappa shape index (κ2) is 8.71. The average molecular weight is 573 g/mol. The quantitative estimate of drug-likeness (QED) is 0.428. The lowest BCUT2D eigenvalue weighted by Gasteiger charge is -2.56. The molecule has 3 aromatic rings. The Kier molecular flexibility index (Phi) is 5.17. The predicted molar refractivity (Wildman–Crippen MR) is 146 cm³/mol. The van der Waals surface area contributed by atoms with E-state index in [9.17, 15) is 14.7 Å². The molecule has 2 aromatic heterocycles. The van der Waals surface area contributed by atoms with Crippen LogP contribution in [-0.4, -0.2) is 66.3 Å². The minimum atomic E-state index is -1.22. The van der Waals surface area contributed by atoms with Crippen LogP contribution in [0, 0.1) is 17.8 Å². The van der Waals surface area contributed by atoms with Gasteiger partial charge < -0.3 is 24.6 Å². The van der Waals surface area contributed by atoms with Gasteiger partial charge >= 0.3 is 12.0 Å². The second-order valence-corrected chi connectivity index (χ2v) is 13.3. The van der Waals surface area contributed by atoms with Gasteiger partial charge in [0.05, 0.1) is 6.33 Å². The van der Waals surface area contributed by atoms with Crippen molar-refractivity contribution in [2.75, 3.05) is 5.32 Å². The van der Waals surface area contributed by atoms with Crippen LogP contribution in [0.25, 0.3) is 11.2 Å². The third-order valence-corrected chi connectivity index (χ3v) is 10.5. The minimum absolute atomic E-state index is 0.140. The largest absolute Gasteiger partial charge is 0.479 e. The fraction of sp³-hybridized carbons (Fsp3) is 0.567. The van der Waals surface area contributed by atoms with Crippen molar-refractivity contribution in [1.29, 1.82) is 0 Å². The van der Waals surface area contributed by atoms with E-state index in [4.69, 9.17) is 14.2 Å². The molecule has 12 nitrogen and oxygen atoms in total. The first-order valence-electron chi connectivity index (χ1n) is 14.9. The molecule has 12 heteroatoms. The number of nitrogens with one attached hydrogen (secondary N) is 2. The van der Waals surface area contributed by atoms with Crippen LogP contribution in [0.1, 0.15) is 55.9 Å². The summed E-state index contributed by atoms with van der Waals surface area (Å²) in [6.07, 6.45) is 7.43. The smallest absolute Gasteiger partial charge is 0.335 e. The number of benzene rings is 1. The van der Waals surface area contributed by atoms with Crippen molar-refractivity contribution in [2.24, 2.45) is 17.8 Å². The molecule has 6 fully saturated rings. The van der Waals surface area contributed by atoms with Gasteiger partial charge in [0.1, 0.15) is 18.5 Å². The SMILES string of the molecule is O=C(Nc1ncnc2c1ncn2[C@@H]1O[C@H](C(=O)O)C2OC3(Cc4ccccc4C3)OC21)NC12CC3CC(CC(C3)C1)C2. The maximum atomic E-state index is 13.3. The van der Waals surface area contributed by atoms with Gasteiger partial charge in [-0.3, -0.25) is 9.88 Å². The monoisotopic (exact) mass is 572 g/mol. The van der Waals surface area contributed by atoms with Crippen molar-refractivity contribution in [3.8, 4) is 0 Å². The van der Waals surface area contributed by atoms with Crippen LogP contribution in [0.15, 0.2) is 36.9 Å². The van der Waals surface area contributed by atoms with Gasteiger partial charge in [-0.1, -0.05) is 24.3 Å². The van der Waals surface area contributed by atoms with Crippen LogP contribution in [0.4, 0.5) is 10.6 Å². The molecule has 5 aliphatic carbocycles. The number of urea groups is 1. The van der Waals surface area contributed by atoms with Crippen LogP contribution in [0.5, 0.6) is 0 Å². The Morgan fingerprint density at radius 2 is 1.60 bits per heavy atom. The molecular formula is C30H32N6O6. The third kappa shape index (κ3) is 3.74. The lowest BCUT2D eigenvalue weighted by Crippen LogP contribution is -2.60. The van der Waals surface area contributed by atoms with Gasteiger partial charge in [-0.15, -0.1) is 0 Å². The van der Waals surface area contributed by atoms with Crippen LogP contribution < -0.4 is 10.6 Å². The number of imidazole rings is 1. The number of carboxylic acids is 1. The molecule has 0 radical (unpaired) electrons. The molecule has 4 saturated carbocycles. The number of carbonyl (C=O) groups excluding carboxylic acids is 1. The number of amides is 2. The summed E-state index contributed by atoms with van der Waals surface area (Å²) in [6, 6.07) is 7.76. The Morgan fingerprint density at radius 1 is 0.929 bits per heavy atom. The average Bonchev–Trinajstić information content (AvgIpc) is 3.68. The summed E-state index contributed by atoms with van der Waals surface area (Å²) >= 11 is 0. The van der Waals surface area contributed by atoms with Gasteiger partial charge in [-0.25, -0.2) is 24.5 Å². The van der Waals surface area contributed by atoms with Gasteiger partial charge in [-0.05, 0) is 67.4 Å². The van der Waals surface area contributed by atoms with Crippen LogP contribution in [-0.2, 0) is 31.8 Å². The molecule has 7 aliphatic rings. The fourth-order valence-electron chi connectivity index (χ4n) is 9.33. The van der Waals surface area contributed by atoms with E-state index in [2.05, 4.69) is 25.6 Å². The minimum Gasteiger partial charge on any atom is -0.479 e. The van der Waals surface area contributed by atoms with E-state index >= 15 is 0 Å². The molecule has 1 spiro atoms. The van der Waals surface area contributed by atoms with Gasteiger partial charge in [0, 0.05) is 18.4 Å². The number of nitrogens with zero attached hydrogens (tertiary/aromatic N) is 4. The number of carboxylic acid groups (broad SMARTS) is 1. The molecule has 2 amide bonds. The summed E-state index contributed by atoms with van der Waals surface area (Å²) < 4.78 is 20.6. The number of anilines is 1. The maximum absolute atomic E-state index is 13.3. The van der Waals surface area contributed by atoms with Gasteiger partial charge in [0.2, 0.25) is 0 Å². The van der Waals surface area contributed by atoms with E-state index in [1.165, 1.54) is 31.9 Å². The molecule has 42 heavy (non-hydrogen) atoms.